The minimum absolute atomic E-state index is 0.0971. The van der Waals surface area contributed by atoms with E-state index in [9.17, 15) is 13.2 Å². The third kappa shape index (κ3) is 5.62. The second-order valence-corrected chi connectivity index (χ2v) is 15.9. The Morgan fingerprint density at radius 2 is 1.30 bits per heavy atom. The Morgan fingerprint density at radius 1 is 0.860 bits per heavy atom. The van der Waals surface area contributed by atoms with Crippen LogP contribution in [0.4, 0.5) is 0 Å². The molecule has 5 nitrogen and oxygen atoms in total. The molecule has 43 heavy (non-hydrogen) atoms. The molecule has 0 saturated heterocycles. The second kappa shape index (κ2) is 12.9. The van der Waals surface area contributed by atoms with Crippen molar-refractivity contribution in [3.63, 3.8) is 0 Å². The molecule has 0 bridgehead atoms. The summed E-state index contributed by atoms with van der Waals surface area (Å²) in [6, 6.07) is 16.8. The fourth-order valence-corrected chi connectivity index (χ4v) is 11.6. The van der Waals surface area contributed by atoms with E-state index in [0.717, 1.165) is 48.0 Å². The van der Waals surface area contributed by atoms with Crippen LogP contribution >= 0.6 is 9.69 Å². The van der Waals surface area contributed by atoms with E-state index in [1.165, 1.54) is 0 Å². The molecular weight excluding hydrogens is 667 g/mol. The van der Waals surface area contributed by atoms with Gasteiger partial charge < -0.3 is 10.5 Å². The molecule has 1 N–H and O–H groups in total. The normalized spacial score (nSPS) is 36.5. The van der Waals surface area contributed by atoms with E-state index < -0.39 is 32.9 Å². The van der Waals surface area contributed by atoms with E-state index in [2.05, 4.69) is 62.9 Å². The van der Waals surface area contributed by atoms with Crippen molar-refractivity contribution in [3.8, 4) is 0 Å². The maximum absolute atomic E-state index is 13.4. The molecule has 4 saturated carbocycles. The molecule has 6 rings (SSSR count). The zero-order valence-electron chi connectivity index (χ0n) is 26.5. The van der Waals surface area contributed by atoms with Crippen molar-refractivity contribution in [2.45, 2.75) is 79.8 Å². The van der Waals surface area contributed by atoms with E-state index in [-0.39, 0.29) is 17.0 Å². The molecule has 2 aromatic rings. The van der Waals surface area contributed by atoms with Crippen molar-refractivity contribution in [3.05, 3.63) is 82.2 Å². The Balaban J connectivity index is 0.000000298. The van der Waals surface area contributed by atoms with Gasteiger partial charge in [0.05, 0.1) is 10.0 Å². The van der Waals surface area contributed by atoms with Crippen LogP contribution in [0.1, 0.15) is 90.9 Å². The van der Waals surface area contributed by atoms with E-state index in [1.54, 1.807) is 0 Å². The van der Waals surface area contributed by atoms with Gasteiger partial charge in [-0.25, -0.2) is 8.42 Å². The molecule has 0 aliphatic heterocycles. The van der Waals surface area contributed by atoms with Crippen LogP contribution in [0.15, 0.2) is 60.7 Å². The third-order valence-corrected chi connectivity index (χ3v) is 14.1. The van der Waals surface area contributed by atoms with Gasteiger partial charge in [0.2, 0.25) is 0 Å². The molecule has 1 spiro atoms. The third-order valence-electron chi connectivity index (χ3n) is 12.7. The molecule has 0 amide bonds. The number of nitrogens with one attached hydrogen (secondary N) is 1. The maximum atomic E-state index is 13.4. The molecule has 8 heteroatoms. The Bertz CT molecular complexity index is 1330. The number of carbonyl (C=O) groups excluding carboxylic acids is 1. The van der Waals surface area contributed by atoms with Gasteiger partial charge in [-0.2, -0.15) is 0 Å². The summed E-state index contributed by atoms with van der Waals surface area (Å²) in [6.07, 6.45) is 2.29. The van der Waals surface area contributed by atoms with Gasteiger partial charge in [0.1, 0.15) is 5.78 Å². The number of nitrogens with zero attached hydrogens (tertiary/aromatic N) is 1. The van der Waals surface area contributed by atoms with E-state index in [0.29, 0.717) is 17.9 Å². The zero-order chi connectivity index (χ0) is 32.0. The number of Topliss-reactive ketones (excluding diaryl/α,β-unsaturated/α-hetero) is 1. The fourth-order valence-electron chi connectivity index (χ4n) is 9.58. The quantitative estimate of drug-likeness (QED) is 0.268. The molecule has 4 fully saturated rings. The molecule has 0 aromatic heterocycles. The van der Waals surface area contributed by atoms with Crippen LogP contribution in [0.5, 0.6) is 0 Å². The topological polar surface area (TPSA) is 89.1 Å². The van der Waals surface area contributed by atoms with E-state index in [4.69, 9.17) is 5.73 Å². The predicted octanol–water partition coefficient (Wildman–Crippen LogP) is 9.49. The van der Waals surface area contributed by atoms with Gasteiger partial charge in [-0.15, -0.1) is 12.1 Å². The molecule has 0 heterocycles. The average molecular weight is 715 g/mol. The zero-order valence-corrected chi connectivity index (χ0v) is 29.7. The number of carbonyl (C=O) groups is 1. The average Bonchev–Trinajstić information content (AvgIpc) is 3.20. The number of hydrogen-bond donors (Lipinski definition) is 0. The van der Waals surface area contributed by atoms with Crippen molar-refractivity contribution in [2.24, 2.45) is 51.8 Å². The summed E-state index contributed by atoms with van der Waals surface area (Å²) in [5.41, 5.74) is 8.97. The van der Waals surface area contributed by atoms with Gasteiger partial charge >= 0.3 is 27.0 Å². The summed E-state index contributed by atoms with van der Waals surface area (Å²) in [6.45, 7) is 16.1. The molecule has 4 aliphatic carbocycles. The Kier molecular flexibility index (Phi) is 10.5. The standard InChI is InChI=1S/C25H28N2O3S.C10H20.ClH.Rh/c1-23(2)24(14-13-19-15-20(28)25(19,23)24)16-31(29,30)27-22(18-11-7-4-8-12-18)21(26)17-9-5-3-6-10-17;1-6-7(2)9(4)10(5)8(6)3;;/h3-12,19,21-22,26H,13-16H2,1-2H3;6-10H,1-5H3;1H;/q-2;;;+3/p-1/t19?,21-,22-,24?,25?;;;/m0.../s1. The van der Waals surface area contributed by atoms with Crippen LogP contribution in [-0.4, -0.2) is 20.0 Å². The first-order valence-electron chi connectivity index (χ1n) is 15.6. The van der Waals surface area contributed by atoms with Gasteiger partial charge in [-0.1, -0.05) is 120 Å². The van der Waals surface area contributed by atoms with Gasteiger partial charge in [0.25, 0.3) is 0 Å². The fraction of sp³-hybridized carbons (Fsp3) is 0.629. The van der Waals surface area contributed by atoms with E-state index >= 15 is 0 Å². The van der Waals surface area contributed by atoms with Crippen molar-refractivity contribution < 1.29 is 30.5 Å². The van der Waals surface area contributed by atoms with E-state index in [1.807, 2.05) is 78.0 Å². The molecular formula is C35H48ClN2O3RhS. The number of hydrogen-bond acceptors (Lipinski definition) is 3. The van der Waals surface area contributed by atoms with Crippen molar-refractivity contribution in [2.75, 3.05) is 5.75 Å². The SMILES string of the molecule is CC1(C)C2(CS(=O)(=O)[N-][C@@H](c3ccccc3)[C@@H]([NH-])c3ccccc3)CCC3CC(=O)C312.CC1C(C)C(C)C(C)C1C.[Cl][Rh+2]. The monoisotopic (exact) mass is 714 g/mol. The van der Waals surface area contributed by atoms with Crippen LogP contribution in [0, 0.1) is 51.8 Å². The summed E-state index contributed by atoms with van der Waals surface area (Å²) < 4.78 is 31.2. The van der Waals surface area contributed by atoms with Crippen molar-refractivity contribution in [1.29, 1.82) is 0 Å². The van der Waals surface area contributed by atoms with Gasteiger partial charge in [-0.05, 0) is 53.8 Å². The van der Waals surface area contributed by atoms with Crippen molar-refractivity contribution >= 4 is 25.5 Å². The number of benzene rings is 2. The number of sulfonamides is 1. The Labute approximate surface area is 274 Å². The first-order chi connectivity index (χ1) is 20.2. The van der Waals surface area contributed by atoms with Gasteiger partial charge in [0.15, 0.2) is 0 Å². The van der Waals surface area contributed by atoms with Crippen LogP contribution in [0.25, 0.3) is 10.5 Å². The van der Waals surface area contributed by atoms with Gasteiger partial charge in [0, 0.05) is 23.0 Å². The number of halogens is 1. The summed E-state index contributed by atoms with van der Waals surface area (Å²) >= 11 is 2.02. The first-order valence-corrected chi connectivity index (χ1v) is 19.4. The second-order valence-electron chi connectivity index (χ2n) is 14.2. The number of ketones is 1. The van der Waals surface area contributed by atoms with Crippen molar-refractivity contribution in [1.82, 2.24) is 0 Å². The Hall–Kier alpha value is -1.11. The summed E-state index contributed by atoms with van der Waals surface area (Å²) in [5.74, 6) is 5.14. The minimum atomic E-state index is -3.85. The molecule has 0 radical (unpaired) electrons. The summed E-state index contributed by atoms with van der Waals surface area (Å²) in [4.78, 5) is 12.7. The van der Waals surface area contributed by atoms with Crippen LogP contribution in [0.2, 0.25) is 0 Å². The number of rotatable bonds is 7. The van der Waals surface area contributed by atoms with Crippen LogP contribution in [-0.2, 0) is 32.1 Å². The predicted molar refractivity (Wildman–Crippen MR) is 173 cm³/mol. The molecule has 4 aliphatic rings. The summed E-state index contributed by atoms with van der Waals surface area (Å²) in [5, 5.41) is 0. The van der Waals surface area contributed by atoms with Gasteiger partial charge in [-0.3, -0.25) is 4.79 Å². The van der Waals surface area contributed by atoms with Crippen LogP contribution in [0.3, 0.4) is 0 Å². The summed E-state index contributed by atoms with van der Waals surface area (Å²) in [7, 11) is 0.677. The van der Waals surface area contributed by atoms with Crippen LogP contribution < -0.4 is 0 Å². The molecule has 238 valence electrons. The first kappa shape index (κ1) is 34.8. The molecule has 2 aromatic carbocycles. The Morgan fingerprint density at radius 3 is 1.72 bits per heavy atom. The molecule has 3 unspecified atom stereocenters. The molecule has 5 atom stereocenters.